The molecule has 0 saturated heterocycles. The van der Waals surface area contributed by atoms with E-state index >= 15 is 0 Å². The van der Waals surface area contributed by atoms with Crippen LogP contribution in [0.15, 0.2) is 42.5 Å². The molecule has 3 aromatic rings. The topological polar surface area (TPSA) is 141 Å². The molecule has 132 valence electrons. The minimum absolute atomic E-state index is 0.0803. The van der Waals surface area contributed by atoms with E-state index in [4.69, 9.17) is 4.74 Å². The lowest BCUT2D eigenvalue weighted by molar-refractivity contribution is -0.385. The number of aromatic amines is 1. The molecule has 1 aromatic heterocycles. The van der Waals surface area contributed by atoms with E-state index < -0.39 is 21.9 Å². The quantitative estimate of drug-likeness (QED) is 0.420. The number of nitro benzene ring substituents is 2. The monoisotopic (exact) mass is 356 g/mol. The fourth-order valence-electron chi connectivity index (χ4n) is 2.33. The Balaban J connectivity index is 1.77. The third-order valence-corrected chi connectivity index (χ3v) is 3.68. The number of fused-ring (bicyclic) bond motifs is 1. The van der Waals surface area contributed by atoms with E-state index in [1.807, 2.05) is 0 Å². The number of benzene rings is 2. The molecule has 3 rings (SSSR count). The van der Waals surface area contributed by atoms with Crippen LogP contribution in [0.1, 0.15) is 29.2 Å². The van der Waals surface area contributed by atoms with Gasteiger partial charge in [-0.2, -0.15) is 0 Å². The van der Waals surface area contributed by atoms with E-state index in [-0.39, 0.29) is 16.9 Å². The number of hydrogen-bond donors (Lipinski definition) is 1. The van der Waals surface area contributed by atoms with Gasteiger partial charge in [-0.15, -0.1) is 0 Å². The van der Waals surface area contributed by atoms with Gasteiger partial charge in [-0.3, -0.25) is 20.2 Å². The Hall–Kier alpha value is -3.82. The molecule has 0 aliphatic heterocycles. The maximum absolute atomic E-state index is 12.1. The molecule has 0 unspecified atom stereocenters. The number of H-pyrrole nitrogens is 1. The number of ether oxygens (including phenoxy) is 1. The third kappa shape index (κ3) is 3.34. The summed E-state index contributed by atoms with van der Waals surface area (Å²) >= 11 is 0. The highest BCUT2D eigenvalue weighted by molar-refractivity contribution is 5.89. The predicted octanol–water partition coefficient (Wildman–Crippen LogP) is 3.30. The van der Waals surface area contributed by atoms with Crippen LogP contribution in [0.4, 0.5) is 11.4 Å². The SMILES string of the molecule is C[C@@H](OC(=O)c1ccc([N+](=O)[O-])cc1)c1nc2ccc([N+](=O)[O-])cc2[nH]1. The van der Waals surface area contributed by atoms with Gasteiger partial charge in [0.1, 0.15) is 5.82 Å². The summed E-state index contributed by atoms with van der Waals surface area (Å²) in [6, 6.07) is 9.20. The van der Waals surface area contributed by atoms with Gasteiger partial charge in [0.25, 0.3) is 11.4 Å². The Morgan fingerprint density at radius 2 is 1.69 bits per heavy atom. The van der Waals surface area contributed by atoms with Crippen molar-refractivity contribution in [1.82, 2.24) is 9.97 Å². The van der Waals surface area contributed by atoms with Crippen LogP contribution in [-0.4, -0.2) is 25.8 Å². The molecule has 0 aliphatic carbocycles. The van der Waals surface area contributed by atoms with Gasteiger partial charge < -0.3 is 9.72 Å². The third-order valence-electron chi connectivity index (χ3n) is 3.68. The zero-order chi connectivity index (χ0) is 18.8. The fraction of sp³-hybridized carbons (Fsp3) is 0.125. The molecule has 1 heterocycles. The molecule has 26 heavy (non-hydrogen) atoms. The molecule has 0 bridgehead atoms. The number of esters is 1. The summed E-state index contributed by atoms with van der Waals surface area (Å²) in [7, 11) is 0. The summed E-state index contributed by atoms with van der Waals surface area (Å²) in [5, 5.41) is 21.4. The van der Waals surface area contributed by atoms with Crippen molar-refractivity contribution < 1.29 is 19.4 Å². The lowest BCUT2D eigenvalue weighted by Crippen LogP contribution is -2.10. The van der Waals surface area contributed by atoms with Crippen LogP contribution < -0.4 is 0 Å². The maximum atomic E-state index is 12.1. The lowest BCUT2D eigenvalue weighted by atomic mass is 10.2. The number of nitro groups is 2. The predicted molar refractivity (Wildman–Crippen MR) is 89.7 cm³/mol. The van der Waals surface area contributed by atoms with Crippen LogP contribution in [0.3, 0.4) is 0 Å². The van der Waals surface area contributed by atoms with Crippen molar-refractivity contribution in [1.29, 1.82) is 0 Å². The van der Waals surface area contributed by atoms with E-state index in [1.165, 1.54) is 42.5 Å². The zero-order valence-electron chi connectivity index (χ0n) is 13.4. The summed E-state index contributed by atoms with van der Waals surface area (Å²) in [4.78, 5) is 39.7. The van der Waals surface area contributed by atoms with Crippen LogP contribution in [-0.2, 0) is 4.74 Å². The first kappa shape index (κ1) is 17.0. The summed E-state index contributed by atoms with van der Waals surface area (Å²) in [6.45, 7) is 1.59. The molecule has 1 N–H and O–H groups in total. The van der Waals surface area contributed by atoms with E-state index in [0.717, 1.165) is 0 Å². The van der Waals surface area contributed by atoms with E-state index in [0.29, 0.717) is 16.9 Å². The molecule has 0 spiro atoms. The van der Waals surface area contributed by atoms with Crippen molar-refractivity contribution in [2.24, 2.45) is 0 Å². The summed E-state index contributed by atoms with van der Waals surface area (Å²) < 4.78 is 5.29. The van der Waals surface area contributed by atoms with Crippen LogP contribution in [0, 0.1) is 20.2 Å². The van der Waals surface area contributed by atoms with E-state index in [2.05, 4.69) is 9.97 Å². The molecule has 1 atom stereocenters. The molecular formula is C16H12N4O6. The molecule has 0 fully saturated rings. The number of imidazole rings is 1. The summed E-state index contributed by atoms with van der Waals surface area (Å²) in [5.41, 5.74) is 0.905. The van der Waals surface area contributed by atoms with Crippen molar-refractivity contribution in [3.05, 3.63) is 74.1 Å². The van der Waals surface area contributed by atoms with Gasteiger partial charge in [-0.25, -0.2) is 9.78 Å². The first-order chi connectivity index (χ1) is 12.3. The van der Waals surface area contributed by atoms with Crippen LogP contribution in [0.2, 0.25) is 0 Å². The lowest BCUT2D eigenvalue weighted by Gasteiger charge is -2.10. The smallest absolute Gasteiger partial charge is 0.338 e. The van der Waals surface area contributed by atoms with Gasteiger partial charge >= 0.3 is 5.97 Å². The molecule has 0 radical (unpaired) electrons. The standard InChI is InChI=1S/C16H12N4O6/c1-9(26-16(21)10-2-4-11(5-3-10)19(22)23)15-17-13-7-6-12(20(24)25)8-14(13)18-15/h2-9H,1H3,(H,17,18)/t9-/m1/s1. The Labute approximate surface area is 145 Å². The number of carbonyl (C=O) groups excluding carboxylic acids is 1. The van der Waals surface area contributed by atoms with E-state index in [1.54, 1.807) is 6.92 Å². The Kier molecular flexibility index (Phi) is 4.31. The van der Waals surface area contributed by atoms with Crippen molar-refractivity contribution in [2.75, 3.05) is 0 Å². The minimum atomic E-state index is -0.746. The van der Waals surface area contributed by atoms with Crippen LogP contribution >= 0.6 is 0 Å². The van der Waals surface area contributed by atoms with Crippen molar-refractivity contribution >= 4 is 28.4 Å². The van der Waals surface area contributed by atoms with Gasteiger partial charge in [-0.05, 0) is 25.1 Å². The van der Waals surface area contributed by atoms with Gasteiger partial charge in [-0.1, -0.05) is 0 Å². The van der Waals surface area contributed by atoms with Crippen LogP contribution in [0.25, 0.3) is 11.0 Å². The molecule has 0 aliphatic rings. The highest BCUT2D eigenvalue weighted by Crippen LogP contribution is 2.23. The van der Waals surface area contributed by atoms with Crippen molar-refractivity contribution in [3.8, 4) is 0 Å². The second-order valence-corrected chi connectivity index (χ2v) is 5.43. The highest BCUT2D eigenvalue weighted by atomic mass is 16.6. The number of non-ortho nitro benzene ring substituents is 2. The maximum Gasteiger partial charge on any atom is 0.338 e. The molecule has 10 nitrogen and oxygen atoms in total. The van der Waals surface area contributed by atoms with Crippen molar-refractivity contribution in [3.63, 3.8) is 0 Å². The number of nitrogens with zero attached hydrogens (tertiary/aromatic N) is 3. The molecule has 0 amide bonds. The first-order valence-corrected chi connectivity index (χ1v) is 7.44. The van der Waals surface area contributed by atoms with Gasteiger partial charge in [0.05, 0.1) is 26.4 Å². The second kappa shape index (κ2) is 6.59. The van der Waals surface area contributed by atoms with Gasteiger partial charge in [0.15, 0.2) is 6.10 Å². The van der Waals surface area contributed by atoms with Crippen molar-refractivity contribution in [2.45, 2.75) is 13.0 Å². The number of hydrogen-bond acceptors (Lipinski definition) is 7. The van der Waals surface area contributed by atoms with E-state index in [9.17, 15) is 25.0 Å². The molecule has 10 heteroatoms. The van der Waals surface area contributed by atoms with Gasteiger partial charge in [0, 0.05) is 24.3 Å². The largest absolute Gasteiger partial charge is 0.451 e. The number of rotatable bonds is 5. The average Bonchev–Trinajstić information content (AvgIpc) is 3.05. The fourth-order valence-corrected chi connectivity index (χ4v) is 2.33. The summed E-state index contributed by atoms with van der Waals surface area (Å²) in [6.07, 6.45) is -0.746. The normalized spacial score (nSPS) is 11.9. The molecular weight excluding hydrogens is 344 g/mol. The van der Waals surface area contributed by atoms with Gasteiger partial charge in [0.2, 0.25) is 0 Å². The Morgan fingerprint density at radius 3 is 2.31 bits per heavy atom. The first-order valence-electron chi connectivity index (χ1n) is 7.44. The minimum Gasteiger partial charge on any atom is -0.451 e. The molecule has 0 saturated carbocycles. The second-order valence-electron chi connectivity index (χ2n) is 5.43. The Bertz CT molecular complexity index is 1010. The number of aromatic nitrogens is 2. The zero-order valence-corrected chi connectivity index (χ0v) is 13.4. The average molecular weight is 356 g/mol. The highest BCUT2D eigenvalue weighted by Gasteiger charge is 2.19. The summed E-state index contributed by atoms with van der Waals surface area (Å²) in [5.74, 6) is -0.338. The number of nitrogens with one attached hydrogen (secondary N) is 1. The van der Waals surface area contributed by atoms with Crippen LogP contribution in [0.5, 0.6) is 0 Å². The molecule has 2 aromatic carbocycles. The Morgan fingerprint density at radius 1 is 1.08 bits per heavy atom. The number of carbonyl (C=O) groups is 1.